The molecule has 0 saturated heterocycles. The number of nitrogens with one attached hydrogen (secondary N) is 2. The fourth-order valence-corrected chi connectivity index (χ4v) is 2.70. The van der Waals surface area contributed by atoms with Crippen molar-refractivity contribution >= 4 is 21.8 Å². The molecule has 20 heavy (non-hydrogen) atoms. The first-order valence-electron chi connectivity index (χ1n) is 7.04. The van der Waals surface area contributed by atoms with Gasteiger partial charge in [0.2, 0.25) is 5.91 Å². The molecular weight excluding hydrogens is 320 g/mol. The number of carbonyl (C=O) groups excluding carboxylic acids is 1. The van der Waals surface area contributed by atoms with E-state index in [1.165, 1.54) is 5.56 Å². The zero-order valence-electron chi connectivity index (χ0n) is 12.0. The molecule has 2 N–H and O–H groups in total. The number of carbonyl (C=O) groups is 1. The Morgan fingerprint density at radius 1 is 1.50 bits per heavy atom. The van der Waals surface area contributed by atoms with Gasteiger partial charge in [-0.2, -0.15) is 0 Å². The molecule has 1 aliphatic heterocycles. The molecule has 5 heteroatoms. The molecule has 110 valence electrons. The number of fused-ring (bicyclic) bond motifs is 1. The lowest BCUT2D eigenvalue weighted by atomic mass is 10.1. The van der Waals surface area contributed by atoms with Gasteiger partial charge in [-0.1, -0.05) is 22.9 Å². The maximum absolute atomic E-state index is 11.8. The summed E-state index contributed by atoms with van der Waals surface area (Å²) in [5, 5.41) is 6.11. The number of hydrogen-bond donors (Lipinski definition) is 2. The summed E-state index contributed by atoms with van der Waals surface area (Å²) in [7, 11) is 0. The lowest BCUT2D eigenvalue weighted by molar-refractivity contribution is -0.120. The molecule has 1 aliphatic rings. The second-order valence-electron chi connectivity index (χ2n) is 5.12. The highest BCUT2D eigenvalue weighted by Crippen LogP contribution is 2.32. The van der Waals surface area contributed by atoms with Crippen LogP contribution in [-0.4, -0.2) is 25.1 Å². The Morgan fingerprint density at radius 3 is 3.05 bits per heavy atom. The van der Waals surface area contributed by atoms with E-state index in [2.05, 4.69) is 46.5 Å². The van der Waals surface area contributed by atoms with Gasteiger partial charge in [-0.15, -0.1) is 0 Å². The minimum atomic E-state index is 0.0111. The largest absolute Gasteiger partial charge is 0.493 e. The Kier molecular flexibility index (Phi) is 5.43. The standard InChI is InChI=1S/C15H21BrN2O2/c1-3-10(2)17-9-14(19)18-8-12-7-13(16)6-11-4-5-20-15(11)12/h6-7,10,17H,3-5,8-9H2,1-2H3,(H,18,19). The minimum absolute atomic E-state index is 0.0111. The highest BCUT2D eigenvalue weighted by Gasteiger charge is 2.17. The van der Waals surface area contributed by atoms with Crippen LogP contribution < -0.4 is 15.4 Å². The van der Waals surface area contributed by atoms with Crippen molar-refractivity contribution in [1.82, 2.24) is 10.6 Å². The molecule has 2 rings (SSSR count). The molecule has 1 atom stereocenters. The van der Waals surface area contributed by atoms with Gasteiger partial charge >= 0.3 is 0 Å². The van der Waals surface area contributed by atoms with Crippen LogP contribution in [0.1, 0.15) is 31.4 Å². The molecule has 1 amide bonds. The van der Waals surface area contributed by atoms with Crippen molar-refractivity contribution in [3.63, 3.8) is 0 Å². The van der Waals surface area contributed by atoms with Crippen LogP contribution in [0.4, 0.5) is 0 Å². The maximum Gasteiger partial charge on any atom is 0.234 e. The number of halogens is 1. The van der Waals surface area contributed by atoms with Gasteiger partial charge in [0, 0.05) is 29.0 Å². The number of hydrogen-bond acceptors (Lipinski definition) is 3. The smallest absolute Gasteiger partial charge is 0.234 e. The van der Waals surface area contributed by atoms with Gasteiger partial charge < -0.3 is 15.4 Å². The monoisotopic (exact) mass is 340 g/mol. The predicted octanol–water partition coefficient (Wildman–Crippen LogP) is 2.39. The molecule has 1 unspecified atom stereocenters. The zero-order chi connectivity index (χ0) is 14.5. The van der Waals surface area contributed by atoms with Crippen LogP contribution in [0.3, 0.4) is 0 Å². The summed E-state index contributed by atoms with van der Waals surface area (Å²) in [6.07, 6.45) is 1.95. The summed E-state index contributed by atoms with van der Waals surface area (Å²) in [6.45, 7) is 5.75. The first-order chi connectivity index (χ1) is 9.60. The van der Waals surface area contributed by atoms with Crippen molar-refractivity contribution in [2.24, 2.45) is 0 Å². The number of amides is 1. The maximum atomic E-state index is 11.8. The van der Waals surface area contributed by atoms with Gasteiger partial charge in [0.25, 0.3) is 0 Å². The second kappa shape index (κ2) is 7.09. The topological polar surface area (TPSA) is 50.4 Å². The lowest BCUT2D eigenvalue weighted by Gasteiger charge is -2.13. The average molecular weight is 341 g/mol. The SMILES string of the molecule is CCC(C)NCC(=O)NCc1cc(Br)cc2c1OCC2. The fraction of sp³-hybridized carbons (Fsp3) is 0.533. The highest BCUT2D eigenvalue weighted by atomic mass is 79.9. The van der Waals surface area contributed by atoms with Crippen molar-refractivity contribution in [2.75, 3.05) is 13.2 Å². The molecule has 0 bridgehead atoms. The van der Waals surface area contributed by atoms with Crippen LogP contribution in [-0.2, 0) is 17.8 Å². The molecule has 1 aromatic carbocycles. The van der Waals surface area contributed by atoms with E-state index in [1.807, 2.05) is 6.07 Å². The van der Waals surface area contributed by atoms with Gasteiger partial charge in [0.05, 0.1) is 13.2 Å². The molecule has 4 nitrogen and oxygen atoms in total. The first kappa shape index (κ1) is 15.3. The van der Waals surface area contributed by atoms with Gasteiger partial charge in [-0.3, -0.25) is 4.79 Å². The number of rotatable bonds is 6. The van der Waals surface area contributed by atoms with Gasteiger partial charge in [0.15, 0.2) is 0 Å². The van der Waals surface area contributed by atoms with Crippen LogP contribution in [0.25, 0.3) is 0 Å². The summed E-state index contributed by atoms with van der Waals surface area (Å²) in [5.74, 6) is 0.945. The molecule has 1 aromatic rings. The third kappa shape index (κ3) is 3.96. The first-order valence-corrected chi connectivity index (χ1v) is 7.83. The molecule has 1 heterocycles. The van der Waals surface area contributed by atoms with E-state index in [1.54, 1.807) is 0 Å². The van der Waals surface area contributed by atoms with Crippen molar-refractivity contribution in [1.29, 1.82) is 0 Å². The Hall–Kier alpha value is -1.07. The van der Waals surface area contributed by atoms with Gasteiger partial charge in [-0.25, -0.2) is 0 Å². The molecule has 0 fully saturated rings. The average Bonchev–Trinajstić information content (AvgIpc) is 2.90. The normalized spacial score (nSPS) is 14.6. The van der Waals surface area contributed by atoms with Gasteiger partial charge in [-0.05, 0) is 31.0 Å². The van der Waals surface area contributed by atoms with Crippen LogP contribution in [0.15, 0.2) is 16.6 Å². The van der Waals surface area contributed by atoms with E-state index in [9.17, 15) is 4.79 Å². The molecule has 0 aliphatic carbocycles. The fourth-order valence-electron chi connectivity index (χ4n) is 2.14. The summed E-state index contributed by atoms with van der Waals surface area (Å²) < 4.78 is 6.68. The van der Waals surface area contributed by atoms with Crippen LogP contribution in [0.5, 0.6) is 5.75 Å². The van der Waals surface area contributed by atoms with Gasteiger partial charge in [0.1, 0.15) is 5.75 Å². The van der Waals surface area contributed by atoms with Crippen molar-refractivity contribution in [2.45, 2.75) is 39.3 Å². The molecule has 0 radical (unpaired) electrons. The summed E-state index contributed by atoms with van der Waals surface area (Å²) in [5.41, 5.74) is 2.24. The molecule has 0 saturated carbocycles. The third-order valence-electron chi connectivity index (χ3n) is 3.52. The van der Waals surface area contributed by atoms with Crippen LogP contribution in [0, 0.1) is 0 Å². The van der Waals surface area contributed by atoms with E-state index >= 15 is 0 Å². The Labute approximate surface area is 128 Å². The number of benzene rings is 1. The molecular formula is C15H21BrN2O2. The Morgan fingerprint density at radius 2 is 2.30 bits per heavy atom. The highest BCUT2D eigenvalue weighted by molar-refractivity contribution is 9.10. The summed E-state index contributed by atoms with van der Waals surface area (Å²) >= 11 is 3.50. The van der Waals surface area contributed by atoms with Crippen molar-refractivity contribution in [3.8, 4) is 5.75 Å². The second-order valence-corrected chi connectivity index (χ2v) is 6.03. The van der Waals surface area contributed by atoms with Crippen LogP contribution in [0.2, 0.25) is 0 Å². The van der Waals surface area contributed by atoms with E-state index in [0.717, 1.165) is 35.2 Å². The Bertz CT molecular complexity index is 491. The lowest BCUT2D eigenvalue weighted by Crippen LogP contribution is -2.37. The molecule has 0 spiro atoms. The third-order valence-corrected chi connectivity index (χ3v) is 3.98. The zero-order valence-corrected chi connectivity index (χ0v) is 13.5. The van der Waals surface area contributed by atoms with Crippen LogP contribution >= 0.6 is 15.9 Å². The predicted molar refractivity (Wildman–Crippen MR) is 82.9 cm³/mol. The van der Waals surface area contributed by atoms with E-state index in [-0.39, 0.29) is 5.91 Å². The molecule has 0 aromatic heterocycles. The van der Waals surface area contributed by atoms with E-state index < -0.39 is 0 Å². The van der Waals surface area contributed by atoms with Crippen molar-refractivity contribution in [3.05, 3.63) is 27.7 Å². The quantitative estimate of drug-likeness (QED) is 0.835. The van der Waals surface area contributed by atoms with E-state index in [4.69, 9.17) is 4.74 Å². The van der Waals surface area contributed by atoms with E-state index in [0.29, 0.717) is 19.1 Å². The number of ether oxygens (including phenoxy) is 1. The summed E-state index contributed by atoms with van der Waals surface area (Å²) in [6, 6.07) is 4.45. The minimum Gasteiger partial charge on any atom is -0.493 e. The Balaban J connectivity index is 1.90. The summed E-state index contributed by atoms with van der Waals surface area (Å²) in [4.78, 5) is 11.8. The van der Waals surface area contributed by atoms with Crippen molar-refractivity contribution < 1.29 is 9.53 Å².